The van der Waals surface area contributed by atoms with Gasteiger partial charge in [0.2, 0.25) is 5.91 Å². The van der Waals surface area contributed by atoms with E-state index in [0.717, 1.165) is 23.7 Å². The molecule has 7 heteroatoms. The summed E-state index contributed by atoms with van der Waals surface area (Å²) in [6, 6.07) is 6.93. The maximum absolute atomic E-state index is 12.9. The molecule has 7 nitrogen and oxygen atoms in total. The fraction of sp³-hybridized carbons (Fsp3) is 0.500. The molecule has 0 spiro atoms. The third kappa shape index (κ3) is 3.28. The van der Waals surface area contributed by atoms with Gasteiger partial charge < -0.3 is 14.4 Å². The number of amides is 4. The van der Waals surface area contributed by atoms with Crippen molar-refractivity contribution < 1.29 is 14.4 Å². The number of fused-ring (bicyclic) bond motifs is 2. The average molecular weight is 396 g/mol. The molecule has 2 saturated heterocycles. The third-order valence-electron chi connectivity index (χ3n) is 6.24. The van der Waals surface area contributed by atoms with Gasteiger partial charge in [-0.05, 0) is 56.9 Å². The molecule has 2 atom stereocenters. The summed E-state index contributed by atoms with van der Waals surface area (Å²) in [7, 11) is 0. The Hall–Kier alpha value is -2.83. The monoisotopic (exact) mass is 396 g/mol. The number of hydrogen-bond acceptors (Lipinski definition) is 3. The lowest BCUT2D eigenvalue weighted by atomic mass is 9.93. The molecule has 2 aliphatic heterocycles. The molecule has 4 rings (SSSR count). The van der Waals surface area contributed by atoms with E-state index >= 15 is 0 Å². The van der Waals surface area contributed by atoms with Crippen LogP contribution in [0.4, 0.5) is 10.5 Å². The molecular formula is C22H28N4O3. The lowest BCUT2D eigenvalue weighted by Gasteiger charge is -2.30. The molecule has 0 N–H and O–H groups in total. The van der Waals surface area contributed by atoms with Crippen LogP contribution >= 0.6 is 0 Å². The summed E-state index contributed by atoms with van der Waals surface area (Å²) in [4.78, 5) is 43.1. The Balaban J connectivity index is 1.60. The van der Waals surface area contributed by atoms with Gasteiger partial charge >= 0.3 is 6.03 Å². The summed E-state index contributed by atoms with van der Waals surface area (Å²) < 4.78 is 1.92. The molecule has 0 bridgehead atoms. The summed E-state index contributed by atoms with van der Waals surface area (Å²) in [5, 5.41) is 0.911. The second kappa shape index (κ2) is 7.54. The highest BCUT2D eigenvalue weighted by molar-refractivity contribution is 6.21. The van der Waals surface area contributed by atoms with Crippen LogP contribution in [0.15, 0.2) is 30.5 Å². The molecule has 154 valence electrons. The molecule has 0 radical (unpaired) electrons. The van der Waals surface area contributed by atoms with Crippen molar-refractivity contribution in [1.82, 2.24) is 14.4 Å². The number of aromatic nitrogens is 1. The fourth-order valence-electron chi connectivity index (χ4n) is 4.50. The van der Waals surface area contributed by atoms with Crippen LogP contribution in [0.3, 0.4) is 0 Å². The molecule has 4 amide bonds. The molecular weight excluding hydrogens is 368 g/mol. The van der Waals surface area contributed by atoms with E-state index in [9.17, 15) is 14.4 Å². The van der Waals surface area contributed by atoms with Crippen LogP contribution in [0.2, 0.25) is 0 Å². The number of hydrogen-bond donors (Lipinski definition) is 0. The Bertz CT molecular complexity index is 962. The van der Waals surface area contributed by atoms with Crippen LogP contribution in [0.1, 0.15) is 33.6 Å². The molecule has 29 heavy (non-hydrogen) atoms. The Morgan fingerprint density at radius 3 is 2.66 bits per heavy atom. The number of likely N-dealkylation sites (N-methyl/N-ethyl adjacent to an activating group) is 1. The zero-order valence-electron chi connectivity index (χ0n) is 17.3. The number of piperidine rings is 1. The fourth-order valence-corrected chi connectivity index (χ4v) is 4.50. The quantitative estimate of drug-likeness (QED) is 0.730. The van der Waals surface area contributed by atoms with E-state index in [1.807, 2.05) is 42.8 Å². The van der Waals surface area contributed by atoms with E-state index in [2.05, 4.69) is 6.92 Å². The van der Waals surface area contributed by atoms with Crippen LogP contribution in [-0.4, -0.2) is 57.9 Å². The third-order valence-corrected chi connectivity index (χ3v) is 6.24. The first-order valence-electron chi connectivity index (χ1n) is 10.5. The maximum atomic E-state index is 12.9. The number of carbonyl (C=O) groups is 3. The topological polar surface area (TPSA) is 65.9 Å². The maximum Gasteiger partial charge on any atom is 0.332 e. The molecule has 0 saturated carbocycles. The lowest BCUT2D eigenvalue weighted by molar-refractivity contribution is -0.131. The van der Waals surface area contributed by atoms with Crippen molar-refractivity contribution in [3.63, 3.8) is 0 Å². The molecule has 3 heterocycles. The Morgan fingerprint density at radius 1 is 1.17 bits per heavy atom. The van der Waals surface area contributed by atoms with Crippen LogP contribution in [0.25, 0.3) is 10.9 Å². The zero-order chi connectivity index (χ0) is 20.7. The van der Waals surface area contributed by atoms with Crippen molar-refractivity contribution in [3.05, 3.63) is 30.5 Å². The highest BCUT2D eigenvalue weighted by Gasteiger charge is 2.47. The Morgan fingerprint density at radius 2 is 1.93 bits per heavy atom. The number of imide groups is 1. The zero-order valence-corrected chi connectivity index (χ0v) is 17.3. The van der Waals surface area contributed by atoms with Crippen molar-refractivity contribution in [3.8, 4) is 0 Å². The standard InChI is InChI=1S/C22H28N4O3/c1-4-23(5-2)20(27)14-24-10-9-16-13-17(6-7-18(16)24)26-21(28)19-12-15(3)8-11-25(19)22(26)29/h6-7,9-10,13,15,19H,4-5,8,11-12,14H2,1-3H3. The normalized spacial score (nSPS) is 21.8. The molecule has 2 unspecified atom stereocenters. The predicted octanol–water partition coefficient (Wildman–Crippen LogP) is 3.08. The van der Waals surface area contributed by atoms with E-state index in [4.69, 9.17) is 0 Å². The predicted molar refractivity (Wildman–Crippen MR) is 112 cm³/mol. The summed E-state index contributed by atoms with van der Waals surface area (Å²) >= 11 is 0. The summed E-state index contributed by atoms with van der Waals surface area (Å²) in [5.74, 6) is 0.400. The lowest BCUT2D eigenvalue weighted by Crippen LogP contribution is -2.41. The van der Waals surface area contributed by atoms with Gasteiger partial charge in [-0.3, -0.25) is 9.59 Å². The molecule has 2 aromatic rings. The minimum Gasteiger partial charge on any atom is -0.342 e. The van der Waals surface area contributed by atoms with E-state index in [1.165, 1.54) is 4.90 Å². The molecule has 1 aromatic carbocycles. The summed E-state index contributed by atoms with van der Waals surface area (Å²) in [6.07, 6.45) is 3.55. The number of anilines is 1. The van der Waals surface area contributed by atoms with Gasteiger partial charge in [-0.1, -0.05) is 6.92 Å². The summed E-state index contributed by atoms with van der Waals surface area (Å²) in [5.41, 5.74) is 1.52. The van der Waals surface area contributed by atoms with E-state index < -0.39 is 0 Å². The van der Waals surface area contributed by atoms with Gasteiger partial charge in [-0.15, -0.1) is 0 Å². The van der Waals surface area contributed by atoms with Crippen molar-refractivity contribution in [2.24, 2.45) is 5.92 Å². The van der Waals surface area contributed by atoms with E-state index in [1.54, 1.807) is 15.9 Å². The molecule has 0 aliphatic carbocycles. The van der Waals surface area contributed by atoms with E-state index in [-0.39, 0.29) is 30.4 Å². The van der Waals surface area contributed by atoms with Crippen LogP contribution < -0.4 is 4.90 Å². The van der Waals surface area contributed by atoms with Gasteiger partial charge in [-0.25, -0.2) is 9.69 Å². The minimum atomic E-state index is -0.335. The molecule has 2 fully saturated rings. The first kappa shape index (κ1) is 19.5. The first-order chi connectivity index (χ1) is 13.9. The van der Waals surface area contributed by atoms with Crippen LogP contribution in [0.5, 0.6) is 0 Å². The molecule has 2 aliphatic rings. The average Bonchev–Trinajstić information content (AvgIpc) is 3.21. The Labute approximate surface area is 170 Å². The van der Waals surface area contributed by atoms with Gasteiger partial charge in [0.1, 0.15) is 12.6 Å². The number of urea groups is 1. The highest BCUT2D eigenvalue weighted by Crippen LogP contribution is 2.34. The van der Waals surface area contributed by atoms with Crippen molar-refractivity contribution in [1.29, 1.82) is 0 Å². The highest BCUT2D eigenvalue weighted by atomic mass is 16.2. The van der Waals surface area contributed by atoms with Crippen molar-refractivity contribution >= 4 is 34.4 Å². The van der Waals surface area contributed by atoms with Crippen LogP contribution in [-0.2, 0) is 16.1 Å². The van der Waals surface area contributed by atoms with E-state index in [0.29, 0.717) is 31.2 Å². The van der Waals surface area contributed by atoms with Gasteiger partial charge in [-0.2, -0.15) is 0 Å². The largest absolute Gasteiger partial charge is 0.342 e. The second-order valence-corrected chi connectivity index (χ2v) is 8.05. The number of rotatable bonds is 5. The summed E-state index contributed by atoms with van der Waals surface area (Å²) in [6.45, 7) is 8.37. The molecule has 1 aromatic heterocycles. The van der Waals surface area contributed by atoms with Gasteiger partial charge in [0, 0.05) is 36.7 Å². The Kier molecular flexibility index (Phi) is 5.06. The first-order valence-corrected chi connectivity index (χ1v) is 10.5. The smallest absolute Gasteiger partial charge is 0.332 e. The van der Waals surface area contributed by atoms with Crippen molar-refractivity contribution in [2.45, 2.75) is 46.2 Å². The van der Waals surface area contributed by atoms with Gasteiger partial charge in [0.15, 0.2) is 0 Å². The second-order valence-electron chi connectivity index (χ2n) is 8.05. The minimum absolute atomic E-state index is 0.0764. The van der Waals surface area contributed by atoms with Crippen molar-refractivity contribution in [2.75, 3.05) is 24.5 Å². The van der Waals surface area contributed by atoms with Crippen LogP contribution in [0, 0.1) is 5.92 Å². The van der Waals surface area contributed by atoms with Gasteiger partial charge in [0.05, 0.1) is 5.69 Å². The number of benzene rings is 1. The SMILES string of the molecule is CCN(CC)C(=O)Cn1ccc2cc(N3C(=O)C4CC(C)CCN4C3=O)ccc21. The number of carbonyl (C=O) groups excluding carboxylic acids is 3. The van der Waals surface area contributed by atoms with Gasteiger partial charge in [0.25, 0.3) is 5.91 Å². The number of nitrogens with zero attached hydrogens (tertiary/aromatic N) is 4.